The Kier molecular flexibility index (Phi) is 7.37. The summed E-state index contributed by atoms with van der Waals surface area (Å²) in [4.78, 5) is 25.1. The summed E-state index contributed by atoms with van der Waals surface area (Å²) in [5, 5.41) is 14.2. The second-order valence-corrected chi connectivity index (χ2v) is 8.68. The van der Waals surface area contributed by atoms with Crippen molar-refractivity contribution in [2.75, 3.05) is 5.75 Å². The highest BCUT2D eigenvalue weighted by atomic mass is 35.5. The Balaban J connectivity index is 1.94. The first kappa shape index (κ1) is 22.9. The van der Waals surface area contributed by atoms with Gasteiger partial charge in [-0.05, 0) is 37.5 Å². The Morgan fingerprint density at radius 3 is 2.42 bits per heavy atom. The molecule has 0 saturated heterocycles. The van der Waals surface area contributed by atoms with E-state index in [0.29, 0.717) is 38.0 Å². The standard InChI is InChI=1S/C25H23ClN2O2S/c1-4-17-9-11-18(12-10-17)22(30)14-31-25-20(13-27)24(19-7-5-6-8-21(19)26)23(16(3)29)15(2)28-25/h5-12,24,28H,4,14H2,1-3H3. The van der Waals surface area contributed by atoms with Crippen LogP contribution in [-0.2, 0) is 11.2 Å². The maximum Gasteiger partial charge on any atom is 0.173 e. The quantitative estimate of drug-likeness (QED) is 0.539. The van der Waals surface area contributed by atoms with E-state index in [1.807, 2.05) is 42.5 Å². The van der Waals surface area contributed by atoms with Crippen molar-refractivity contribution < 1.29 is 9.59 Å². The normalized spacial score (nSPS) is 16.0. The zero-order chi connectivity index (χ0) is 22.5. The Hall–Kier alpha value is -2.81. The molecule has 0 saturated carbocycles. The molecule has 1 unspecified atom stereocenters. The molecule has 0 fully saturated rings. The number of ketones is 2. The van der Waals surface area contributed by atoms with Gasteiger partial charge in [0.05, 0.1) is 28.3 Å². The van der Waals surface area contributed by atoms with Gasteiger partial charge >= 0.3 is 0 Å². The Bertz CT molecular complexity index is 1130. The van der Waals surface area contributed by atoms with Gasteiger partial charge in [0.15, 0.2) is 11.6 Å². The van der Waals surface area contributed by atoms with E-state index < -0.39 is 5.92 Å². The van der Waals surface area contributed by atoms with E-state index in [1.165, 1.54) is 24.2 Å². The van der Waals surface area contributed by atoms with Gasteiger partial charge in [-0.3, -0.25) is 9.59 Å². The fourth-order valence-corrected chi connectivity index (χ4v) is 4.89. The van der Waals surface area contributed by atoms with Gasteiger partial charge in [-0.1, -0.05) is 72.8 Å². The number of Topliss-reactive ketones (excluding diaryl/α,β-unsaturated/α-hetero) is 2. The smallest absolute Gasteiger partial charge is 0.173 e. The zero-order valence-electron chi connectivity index (χ0n) is 17.7. The molecular weight excluding hydrogens is 428 g/mol. The van der Waals surface area contributed by atoms with E-state index in [1.54, 1.807) is 13.0 Å². The van der Waals surface area contributed by atoms with Gasteiger partial charge in [0.1, 0.15) is 0 Å². The number of nitriles is 1. The van der Waals surface area contributed by atoms with Crippen molar-refractivity contribution in [1.29, 1.82) is 5.26 Å². The summed E-state index contributed by atoms with van der Waals surface area (Å²) in [6.45, 7) is 5.36. The average Bonchev–Trinajstić information content (AvgIpc) is 2.77. The summed E-state index contributed by atoms with van der Waals surface area (Å²) in [5.41, 5.74) is 4.08. The molecule has 1 heterocycles. The van der Waals surface area contributed by atoms with Crippen LogP contribution in [0.25, 0.3) is 0 Å². The Morgan fingerprint density at radius 2 is 1.84 bits per heavy atom. The van der Waals surface area contributed by atoms with Crippen LogP contribution in [-0.4, -0.2) is 17.3 Å². The van der Waals surface area contributed by atoms with Crippen molar-refractivity contribution in [1.82, 2.24) is 5.32 Å². The maximum atomic E-state index is 12.7. The summed E-state index contributed by atoms with van der Waals surface area (Å²) in [5.74, 6) is -0.540. The summed E-state index contributed by atoms with van der Waals surface area (Å²) in [6.07, 6.45) is 0.916. The molecule has 4 nitrogen and oxygen atoms in total. The summed E-state index contributed by atoms with van der Waals surface area (Å²) < 4.78 is 0. The van der Waals surface area contributed by atoms with Crippen molar-refractivity contribution in [2.24, 2.45) is 0 Å². The molecule has 1 N–H and O–H groups in total. The van der Waals surface area contributed by atoms with Crippen molar-refractivity contribution in [3.63, 3.8) is 0 Å². The molecule has 158 valence electrons. The summed E-state index contributed by atoms with van der Waals surface area (Å²) in [7, 11) is 0. The number of benzene rings is 2. The number of hydrogen-bond donors (Lipinski definition) is 1. The lowest BCUT2D eigenvalue weighted by atomic mass is 9.81. The van der Waals surface area contributed by atoms with Gasteiger partial charge in [-0.25, -0.2) is 0 Å². The molecule has 0 aliphatic carbocycles. The predicted octanol–water partition coefficient (Wildman–Crippen LogP) is 5.80. The third-order valence-corrected chi connectivity index (χ3v) is 6.64. The second kappa shape index (κ2) is 10.00. The number of halogens is 1. The maximum absolute atomic E-state index is 12.7. The molecule has 0 spiro atoms. The van der Waals surface area contributed by atoms with E-state index in [0.717, 1.165) is 6.42 Å². The predicted molar refractivity (Wildman–Crippen MR) is 126 cm³/mol. The van der Waals surface area contributed by atoms with Crippen molar-refractivity contribution >= 4 is 34.9 Å². The van der Waals surface area contributed by atoms with Crippen LogP contribution in [0.3, 0.4) is 0 Å². The molecule has 1 atom stereocenters. The van der Waals surface area contributed by atoms with E-state index in [-0.39, 0.29) is 17.3 Å². The van der Waals surface area contributed by atoms with E-state index in [4.69, 9.17) is 11.6 Å². The van der Waals surface area contributed by atoms with Crippen LogP contribution in [0.15, 0.2) is 70.4 Å². The van der Waals surface area contributed by atoms with Crippen LogP contribution in [0.2, 0.25) is 5.02 Å². The Morgan fingerprint density at radius 1 is 1.16 bits per heavy atom. The van der Waals surface area contributed by atoms with Crippen LogP contribution in [0.1, 0.15) is 48.2 Å². The largest absolute Gasteiger partial charge is 0.353 e. The highest BCUT2D eigenvalue weighted by Gasteiger charge is 2.34. The molecule has 0 bridgehead atoms. The van der Waals surface area contributed by atoms with Crippen molar-refractivity contribution in [2.45, 2.75) is 33.1 Å². The van der Waals surface area contributed by atoms with Crippen molar-refractivity contribution in [3.8, 4) is 6.07 Å². The van der Waals surface area contributed by atoms with Gasteiger partial charge in [-0.2, -0.15) is 5.26 Å². The molecule has 0 aromatic heterocycles. The second-order valence-electron chi connectivity index (χ2n) is 7.29. The number of nitrogens with one attached hydrogen (secondary N) is 1. The van der Waals surface area contributed by atoms with Gasteiger partial charge in [-0.15, -0.1) is 0 Å². The minimum absolute atomic E-state index is 0.0208. The Labute approximate surface area is 192 Å². The molecule has 0 amide bonds. The van der Waals surface area contributed by atoms with Gasteiger partial charge < -0.3 is 5.32 Å². The van der Waals surface area contributed by atoms with Crippen molar-refractivity contribution in [3.05, 3.63) is 92.1 Å². The summed E-state index contributed by atoms with van der Waals surface area (Å²) >= 11 is 7.70. The number of dihydropyridines is 1. The first-order valence-corrected chi connectivity index (χ1v) is 11.4. The molecular formula is C25H23ClN2O2S. The minimum Gasteiger partial charge on any atom is -0.353 e. The molecule has 31 heavy (non-hydrogen) atoms. The van der Waals surface area contributed by atoms with E-state index in [2.05, 4.69) is 18.3 Å². The zero-order valence-corrected chi connectivity index (χ0v) is 19.2. The lowest BCUT2D eigenvalue weighted by Crippen LogP contribution is -2.27. The summed E-state index contributed by atoms with van der Waals surface area (Å²) in [6, 6.07) is 17.1. The number of hydrogen-bond acceptors (Lipinski definition) is 5. The molecule has 0 radical (unpaired) electrons. The van der Waals surface area contributed by atoms with Crippen LogP contribution < -0.4 is 5.32 Å². The van der Waals surface area contributed by atoms with E-state index in [9.17, 15) is 14.9 Å². The first-order valence-electron chi connectivity index (χ1n) is 9.99. The monoisotopic (exact) mass is 450 g/mol. The number of carbonyl (C=O) groups is 2. The van der Waals surface area contributed by atoms with Gasteiger partial charge in [0.2, 0.25) is 0 Å². The van der Waals surface area contributed by atoms with E-state index >= 15 is 0 Å². The molecule has 1 aliphatic heterocycles. The third kappa shape index (κ3) is 4.92. The minimum atomic E-state index is -0.570. The molecule has 2 aromatic carbocycles. The van der Waals surface area contributed by atoms with Gasteiger partial charge in [0.25, 0.3) is 0 Å². The third-order valence-electron chi connectivity index (χ3n) is 5.27. The lowest BCUT2D eigenvalue weighted by molar-refractivity contribution is -0.113. The van der Waals surface area contributed by atoms with Crippen LogP contribution >= 0.6 is 23.4 Å². The fourth-order valence-electron chi connectivity index (χ4n) is 3.66. The lowest BCUT2D eigenvalue weighted by Gasteiger charge is -2.29. The topological polar surface area (TPSA) is 70.0 Å². The highest BCUT2D eigenvalue weighted by molar-refractivity contribution is 8.03. The molecule has 3 rings (SSSR count). The number of thioether (sulfide) groups is 1. The van der Waals surface area contributed by atoms with Crippen LogP contribution in [0.5, 0.6) is 0 Å². The number of rotatable bonds is 7. The average molecular weight is 451 g/mol. The molecule has 2 aromatic rings. The highest BCUT2D eigenvalue weighted by Crippen LogP contribution is 2.43. The fraction of sp³-hybridized carbons (Fsp3) is 0.240. The van der Waals surface area contributed by atoms with Gasteiger partial charge in [0, 0.05) is 21.9 Å². The number of allylic oxidation sites excluding steroid dienone is 3. The first-order chi connectivity index (χ1) is 14.9. The molecule has 6 heteroatoms. The SMILES string of the molecule is CCc1ccc(C(=O)CSC2=C(C#N)C(c3ccccc3Cl)C(C(C)=O)=C(C)N2)cc1. The molecule has 1 aliphatic rings. The van der Waals surface area contributed by atoms with Crippen LogP contribution in [0.4, 0.5) is 0 Å². The number of aryl methyl sites for hydroxylation is 1. The van der Waals surface area contributed by atoms with Crippen LogP contribution in [0, 0.1) is 11.3 Å². The number of nitrogens with zero attached hydrogens (tertiary/aromatic N) is 1. The number of carbonyl (C=O) groups excluding carboxylic acids is 2.